The van der Waals surface area contributed by atoms with Gasteiger partial charge in [-0.15, -0.1) is 0 Å². The fourth-order valence-corrected chi connectivity index (χ4v) is 5.04. The van der Waals surface area contributed by atoms with Crippen molar-refractivity contribution in [3.05, 3.63) is 48.0 Å². The summed E-state index contributed by atoms with van der Waals surface area (Å²) in [6.45, 7) is 5.14. The number of hydrogen-bond acceptors (Lipinski definition) is 5. The Hall–Kier alpha value is -2.74. The molecule has 8 heteroatoms. The quantitative estimate of drug-likeness (QED) is 0.651. The number of sulfonamides is 1. The first-order valence-corrected chi connectivity index (χ1v) is 11.8. The average molecular weight is 447 g/mol. The van der Waals surface area contributed by atoms with E-state index in [9.17, 15) is 13.2 Å². The van der Waals surface area contributed by atoms with Gasteiger partial charge < -0.3 is 14.4 Å². The Morgan fingerprint density at radius 3 is 2.23 bits per heavy atom. The topological polar surface area (TPSA) is 76.2 Å². The first-order valence-electron chi connectivity index (χ1n) is 10.4. The highest BCUT2D eigenvalue weighted by Crippen LogP contribution is 2.32. The summed E-state index contributed by atoms with van der Waals surface area (Å²) in [5, 5.41) is 0. The number of aryl methyl sites for hydroxylation is 1. The fraction of sp³-hybridized carbons (Fsp3) is 0.435. The Labute approximate surface area is 184 Å². The molecule has 0 aliphatic carbocycles. The predicted molar refractivity (Wildman–Crippen MR) is 120 cm³/mol. The van der Waals surface area contributed by atoms with Gasteiger partial charge in [0.2, 0.25) is 5.91 Å². The molecule has 1 heterocycles. The van der Waals surface area contributed by atoms with Crippen molar-refractivity contribution in [3.8, 4) is 11.5 Å². The monoisotopic (exact) mass is 446 g/mol. The summed E-state index contributed by atoms with van der Waals surface area (Å²) < 4.78 is 38.9. The van der Waals surface area contributed by atoms with Gasteiger partial charge in [0.25, 0.3) is 10.0 Å². The smallest absolute Gasteiger partial charge is 0.264 e. The third kappa shape index (κ3) is 5.12. The molecule has 168 valence electrons. The van der Waals surface area contributed by atoms with E-state index in [-0.39, 0.29) is 17.3 Å². The van der Waals surface area contributed by atoms with Gasteiger partial charge in [-0.25, -0.2) is 8.42 Å². The molecule has 1 saturated heterocycles. The fourth-order valence-electron chi connectivity index (χ4n) is 3.61. The third-order valence-corrected chi connectivity index (χ3v) is 7.45. The maximum Gasteiger partial charge on any atom is 0.264 e. The number of piperidine rings is 1. The molecule has 0 saturated carbocycles. The normalized spacial score (nSPS) is 14.9. The van der Waals surface area contributed by atoms with Crippen LogP contribution in [0.3, 0.4) is 0 Å². The van der Waals surface area contributed by atoms with Crippen LogP contribution in [0.5, 0.6) is 11.5 Å². The number of anilines is 1. The molecule has 0 bridgehead atoms. The number of carbonyl (C=O) groups excluding carboxylic acids is 1. The van der Waals surface area contributed by atoms with Gasteiger partial charge in [0.15, 0.2) is 11.5 Å². The summed E-state index contributed by atoms with van der Waals surface area (Å²) in [5.41, 5.74) is 1.45. The van der Waals surface area contributed by atoms with Crippen molar-refractivity contribution < 1.29 is 22.7 Å². The largest absolute Gasteiger partial charge is 0.493 e. The number of carbonyl (C=O) groups is 1. The lowest BCUT2D eigenvalue weighted by molar-refractivity contribution is -0.130. The number of rotatable bonds is 7. The Morgan fingerprint density at radius 1 is 1.03 bits per heavy atom. The van der Waals surface area contributed by atoms with Crippen molar-refractivity contribution in [2.24, 2.45) is 5.92 Å². The second-order valence-electron chi connectivity index (χ2n) is 7.93. The van der Waals surface area contributed by atoms with E-state index >= 15 is 0 Å². The first-order chi connectivity index (χ1) is 14.8. The van der Waals surface area contributed by atoms with E-state index in [2.05, 4.69) is 6.92 Å². The van der Waals surface area contributed by atoms with Crippen LogP contribution in [0.4, 0.5) is 5.69 Å². The number of likely N-dealkylation sites (tertiary alicyclic amines) is 1. The van der Waals surface area contributed by atoms with E-state index in [0.717, 1.165) is 18.4 Å². The number of amides is 1. The van der Waals surface area contributed by atoms with E-state index in [0.29, 0.717) is 36.2 Å². The van der Waals surface area contributed by atoms with Crippen LogP contribution < -0.4 is 13.8 Å². The highest BCUT2D eigenvalue weighted by Gasteiger charge is 2.30. The van der Waals surface area contributed by atoms with Gasteiger partial charge in [0.1, 0.15) is 6.54 Å². The van der Waals surface area contributed by atoms with Gasteiger partial charge in [-0.1, -0.05) is 24.6 Å². The molecule has 31 heavy (non-hydrogen) atoms. The van der Waals surface area contributed by atoms with Crippen LogP contribution in [0.15, 0.2) is 47.4 Å². The second kappa shape index (κ2) is 9.60. The Bertz CT molecular complexity index is 1010. The molecule has 7 nitrogen and oxygen atoms in total. The second-order valence-corrected chi connectivity index (χ2v) is 9.79. The molecule has 1 amide bonds. The summed E-state index contributed by atoms with van der Waals surface area (Å²) >= 11 is 0. The zero-order chi connectivity index (χ0) is 22.6. The number of benzene rings is 2. The highest BCUT2D eigenvalue weighted by molar-refractivity contribution is 7.92. The standard InChI is InChI=1S/C23H30N2O5S/c1-17-5-7-19(8-6-17)25(16-23(26)24-13-11-18(2)12-14-24)31(27,28)20-9-10-21(29-3)22(15-20)30-4/h5-10,15,18H,11-14,16H2,1-4H3. The molecule has 1 aliphatic heterocycles. The van der Waals surface area contributed by atoms with Crippen molar-refractivity contribution >= 4 is 21.6 Å². The van der Waals surface area contributed by atoms with Crippen molar-refractivity contribution in [2.45, 2.75) is 31.6 Å². The van der Waals surface area contributed by atoms with Crippen LogP contribution in [0.1, 0.15) is 25.3 Å². The molecule has 3 rings (SSSR count). The summed E-state index contributed by atoms with van der Waals surface area (Å²) in [6, 6.07) is 11.5. The molecule has 0 unspecified atom stereocenters. The van der Waals surface area contributed by atoms with E-state index in [1.165, 1.54) is 30.7 Å². The zero-order valence-corrected chi connectivity index (χ0v) is 19.3. The van der Waals surface area contributed by atoms with Gasteiger partial charge in [0.05, 0.1) is 24.8 Å². The third-order valence-electron chi connectivity index (χ3n) is 5.68. The lowest BCUT2D eigenvalue weighted by Gasteiger charge is -2.32. The maximum absolute atomic E-state index is 13.6. The zero-order valence-electron chi connectivity index (χ0n) is 18.5. The Kier molecular flexibility index (Phi) is 7.10. The van der Waals surface area contributed by atoms with Crippen LogP contribution in [0.2, 0.25) is 0 Å². The lowest BCUT2D eigenvalue weighted by Crippen LogP contribution is -2.45. The molecule has 0 N–H and O–H groups in total. The van der Waals surface area contributed by atoms with Crippen LogP contribution in [0.25, 0.3) is 0 Å². The van der Waals surface area contributed by atoms with E-state index in [1.807, 2.05) is 19.1 Å². The Morgan fingerprint density at radius 2 is 1.65 bits per heavy atom. The highest BCUT2D eigenvalue weighted by atomic mass is 32.2. The predicted octanol–water partition coefficient (Wildman–Crippen LogP) is 3.47. The van der Waals surface area contributed by atoms with Crippen LogP contribution >= 0.6 is 0 Å². The van der Waals surface area contributed by atoms with Crippen LogP contribution in [-0.2, 0) is 14.8 Å². The lowest BCUT2D eigenvalue weighted by atomic mass is 9.99. The number of hydrogen-bond donors (Lipinski definition) is 0. The minimum absolute atomic E-state index is 0.0331. The van der Waals surface area contributed by atoms with Gasteiger partial charge >= 0.3 is 0 Å². The molecular weight excluding hydrogens is 416 g/mol. The van der Waals surface area contributed by atoms with Gasteiger partial charge in [0, 0.05) is 19.2 Å². The van der Waals surface area contributed by atoms with E-state index in [4.69, 9.17) is 9.47 Å². The van der Waals surface area contributed by atoms with Crippen LogP contribution in [-0.4, -0.2) is 53.1 Å². The molecule has 1 aliphatic rings. The maximum atomic E-state index is 13.6. The average Bonchev–Trinajstić information content (AvgIpc) is 2.77. The summed E-state index contributed by atoms with van der Waals surface area (Å²) in [5.74, 6) is 1.12. The summed E-state index contributed by atoms with van der Waals surface area (Å²) in [7, 11) is -1.08. The summed E-state index contributed by atoms with van der Waals surface area (Å²) in [4.78, 5) is 14.8. The van der Waals surface area contributed by atoms with Crippen molar-refractivity contribution in [2.75, 3.05) is 38.2 Å². The first kappa shape index (κ1) is 22.9. The number of ether oxygens (including phenoxy) is 2. The molecule has 0 spiro atoms. The minimum atomic E-state index is -4.02. The van der Waals surface area contributed by atoms with Gasteiger partial charge in [-0.05, 0) is 49.9 Å². The van der Waals surface area contributed by atoms with Gasteiger partial charge in [-0.2, -0.15) is 0 Å². The molecule has 2 aromatic carbocycles. The Balaban J connectivity index is 1.97. The van der Waals surface area contributed by atoms with E-state index < -0.39 is 10.0 Å². The molecule has 0 atom stereocenters. The molecule has 2 aromatic rings. The van der Waals surface area contributed by atoms with Gasteiger partial charge in [-0.3, -0.25) is 9.10 Å². The van der Waals surface area contributed by atoms with Crippen LogP contribution in [0, 0.1) is 12.8 Å². The van der Waals surface area contributed by atoms with Crippen molar-refractivity contribution in [1.82, 2.24) is 4.90 Å². The van der Waals surface area contributed by atoms with Crippen molar-refractivity contribution in [3.63, 3.8) is 0 Å². The molecular formula is C23H30N2O5S. The SMILES string of the molecule is COc1ccc(S(=O)(=O)N(CC(=O)N2CCC(C)CC2)c2ccc(C)cc2)cc1OC. The number of nitrogens with zero attached hydrogens (tertiary/aromatic N) is 2. The number of methoxy groups -OCH3 is 2. The minimum Gasteiger partial charge on any atom is -0.493 e. The van der Waals surface area contributed by atoms with E-state index in [1.54, 1.807) is 23.1 Å². The molecule has 0 radical (unpaired) electrons. The molecule has 0 aromatic heterocycles. The van der Waals surface area contributed by atoms with Crippen molar-refractivity contribution in [1.29, 1.82) is 0 Å². The summed E-state index contributed by atoms with van der Waals surface area (Å²) in [6.07, 6.45) is 1.86. The molecule has 1 fully saturated rings.